The lowest BCUT2D eigenvalue weighted by atomic mass is 9.80. The summed E-state index contributed by atoms with van der Waals surface area (Å²) in [5.74, 6) is 0.429. The van der Waals surface area contributed by atoms with Crippen molar-refractivity contribution in [1.82, 2.24) is 0 Å². The van der Waals surface area contributed by atoms with E-state index in [1.54, 1.807) is 0 Å². The zero-order valence-electron chi connectivity index (χ0n) is 12.2. The zero-order chi connectivity index (χ0) is 13.4. The number of aliphatic hydroxyl groups is 1. The molecule has 1 N–H and O–H groups in total. The molecule has 100 valence electrons. The minimum atomic E-state index is -0.578. The van der Waals surface area contributed by atoms with Crippen LogP contribution in [0.5, 0.6) is 0 Å². The highest BCUT2D eigenvalue weighted by Crippen LogP contribution is 2.45. The van der Waals surface area contributed by atoms with Gasteiger partial charge in [-0.25, -0.2) is 0 Å². The first-order chi connectivity index (χ1) is 8.38. The van der Waals surface area contributed by atoms with Gasteiger partial charge < -0.3 is 5.11 Å². The quantitative estimate of drug-likeness (QED) is 0.821. The van der Waals surface area contributed by atoms with Gasteiger partial charge in [0.25, 0.3) is 0 Å². The van der Waals surface area contributed by atoms with E-state index in [9.17, 15) is 5.11 Å². The van der Waals surface area contributed by atoms with Crippen molar-refractivity contribution >= 4 is 0 Å². The molecule has 1 aromatic rings. The topological polar surface area (TPSA) is 20.2 Å². The lowest BCUT2D eigenvalue weighted by molar-refractivity contribution is -0.00389. The van der Waals surface area contributed by atoms with Gasteiger partial charge in [0.1, 0.15) is 0 Å². The Balaban J connectivity index is 2.29. The highest BCUT2D eigenvalue weighted by atomic mass is 16.3. The second kappa shape index (κ2) is 4.70. The predicted molar refractivity (Wildman–Crippen MR) is 76.7 cm³/mol. The maximum absolute atomic E-state index is 10.9. The monoisotopic (exact) mass is 246 g/mol. The van der Waals surface area contributed by atoms with Crippen molar-refractivity contribution < 1.29 is 5.11 Å². The Hall–Kier alpha value is -0.820. The number of benzene rings is 1. The molecule has 1 aliphatic carbocycles. The second-order valence-electron chi connectivity index (χ2n) is 6.75. The van der Waals surface area contributed by atoms with Gasteiger partial charge in [0.15, 0.2) is 0 Å². The van der Waals surface area contributed by atoms with Gasteiger partial charge in [-0.15, -0.1) is 0 Å². The maximum atomic E-state index is 10.9. The summed E-state index contributed by atoms with van der Waals surface area (Å²) in [5.41, 5.74) is 2.05. The lowest BCUT2D eigenvalue weighted by Gasteiger charge is -2.31. The lowest BCUT2D eigenvalue weighted by Crippen LogP contribution is -2.29. The highest BCUT2D eigenvalue weighted by molar-refractivity contribution is 5.32. The van der Waals surface area contributed by atoms with Crippen LogP contribution in [0.1, 0.15) is 64.5 Å². The standard InChI is InChI=1S/C17H26O/c1-5-13-7-6-12-17(13,18)15-10-8-14(9-11-15)16(2,3)4/h8-11,13,18H,5-7,12H2,1-4H3. The summed E-state index contributed by atoms with van der Waals surface area (Å²) in [6, 6.07) is 8.62. The number of rotatable bonds is 2. The van der Waals surface area contributed by atoms with Gasteiger partial charge in [-0.3, -0.25) is 0 Å². The summed E-state index contributed by atoms with van der Waals surface area (Å²) in [5, 5.41) is 10.9. The average Bonchev–Trinajstić information content (AvgIpc) is 2.71. The first kappa shape index (κ1) is 13.6. The molecule has 0 radical (unpaired) electrons. The van der Waals surface area contributed by atoms with Gasteiger partial charge >= 0.3 is 0 Å². The fourth-order valence-corrected chi connectivity index (χ4v) is 3.24. The van der Waals surface area contributed by atoms with Gasteiger partial charge in [0.2, 0.25) is 0 Å². The van der Waals surface area contributed by atoms with Crippen LogP contribution in [-0.2, 0) is 11.0 Å². The summed E-state index contributed by atoms with van der Waals surface area (Å²) in [4.78, 5) is 0. The van der Waals surface area contributed by atoms with E-state index in [1.165, 1.54) is 5.56 Å². The van der Waals surface area contributed by atoms with Crippen LogP contribution >= 0.6 is 0 Å². The Kier molecular flexibility index (Phi) is 3.55. The van der Waals surface area contributed by atoms with E-state index in [2.05, 4.69) is 52.0 Å². The largest absolute Gasteiger partial charge is 0.385 e. The van der Waals surface area contributed by atoms with Crippen LogP contribution in [-0.4, -0.2) is 5.11 Å². The van der Waals surface area contributed by atoms with Gasteiger partial charge in [-0.05, 0) is 41.7 Å². The molecule has 0 saturated heterocycles. The smallest absolute Gasteiger partial charge is 0.0924 e. The average molecular weight is 246 g/mol. The van der Waals surface area contributed by atoms with E-state index in [4.69, 9.17) is 0 Å². The van der Waals surface area contributed by atoms with Crippen LogP contribution in [0.3, 0.4) is 0 Å². The van der Waals surface area contributed by atoms with Crippen LogP contribution in [0.15, 0.2) is 24.3 Å². The molecule has 0 aromatic heterocycles. The maximum Gasteiger partial charge on any atom is 0.0924 e. The van der Waals surface area contributed by atoms with Crippen molar-refractivity contribution in [2.24, 2.45) is 5.92 Å². The van der Waals surface area contributed by atoms with Crippen LogP contribution in [0.25, 0.3) is 0 Å². The third-order valence-electron chi connectivity index (χ3n) is 4.53. The molecule has 1 saturated carbocycles. The van der Waals surface area contributed by atoms with Gasteiger partial charge in [0.05, 0.1) is 5.60 Å². The molecular formula is C17H26O. The Bertz CT molecular complexity index is 399. The molecule has 1 aliphatic rings. The van der Waals surface area contributed by atoms with Gasteiger partial charge in [-0.1, -0.05) is 58.4 Å². The highest BCUT2D eigenvalue weighted by Gasteiger charge is 2.41. The third kappa shape index (κ3) is 2.33. The van der Waals surface area contributed by atoms with Gasteiger partial charge in [-0.2, -0.15) is 0 Å². The summed E-state index contributed by atoms with van der Waals surface area (Å²) in [6.07, 6.45) is 4.29. The fraction of sp³-hybridized carbons (Fsp3) is 0.647. The summed E-state index contributed by atoms with van der Waals surface area (Å²) >= 11 is 0. The first-order valence-corrected chi connectivity index (χ1v) is 7.21. The molecule has 0 amide bonds. The van der Waals surface area contributed by atoms with E-state index in [-0.39, 0.29) is 5.41 Å². The summed E-state index contributed by atoms with van der Waals surface area (Å²) < 4.78 is 0. The SMILES string of the molecule is CCC1CCCC1(O)c1ccc(C(C)(C)C)cc1. The van der Waals surface area contributed by atoms with E-state index in [0.717, 1.165) is 31.2 Å². The molecule has 0 bridgehead atoms. The van der Waals surface area contributed by atoms with Crippen LogP contribution < -0.4 is 0 Å². The molecule has 0 spiro atoms. The van der Waals surface area contributed by atoms with Crippen molar-refractivity contribution in [3.05, 3.63) is 35.4 Å². The first-order valence-electron chi connectivity index (χ1n) is 7.21. The van der Waals surface area contributed by atoms with Crippen molar-refractivity contribution in [3.63, 3.8) is 0 Å². The molecule has 1 aromatic carbocycles. The Morgan fingerprint density at radius 3 is 2.33 bits per heavy atom. The molecule has 1 heteroatoms. The molecule has 1 fully saturated rings. The van der Waals surface area contributed by atoms with Crippen LogP contribution in [0.2, 0.25) is 0 Å². The molecule has 2 rings (SSSR count). The predicted octanol–water partition coefficient (Wildman–Crippen LogP) is 4.38. The molecule has 0 heterocycles. The third-order valence-corrected chi connectivity index (χ3v) is 4.53. The zero-order valence-corrected chi connectivity index (χ0v) is 12.2. The normalized spacial score (nSPS) is 28.6. The van der Waals surface area contributed by atoms with Crippen molar-refractivity contribution in [2.75, 3.05) is 0 Å². The molecular weight excluding hydrogens is 220 g/mol. The second-order valence-corrected chi connectivity index (χ2v) is 6.75. The van der Waals surface area contributed by atoms with Crippen LogP contribution in [0.4, 0.5) is 0 Å². The minimum Gasteiger partial charge on any atom is -0.385 e. The summed E-state index contributed by atoms with van der Waals surface area (Å²) in [6.45, 7) is 8.86. The van der Waals surface area contributed by atoms with Crippen molar-refractivity contribution in [1.29, 1.82) is 0 Å². The minimum absolute atomic E-state index is 0.182. The molecule has 1 nitrogen and oxygen atoms in total. The molecule has 2 atom stereocenters. The number of hydrogen-bond acceptors (Lipinski definition) is 1. The van der Waals surface area contributed by atoms with E-state index >= 15 is 0 Å². The molecule has 0 aliphatic heterocycles. The molecule has 18 heavy (non-hydrogen) atoms. The fourth-order valence-electron chi connectivity index (χ4n) is 3.24. The van der Waals surface area contributed by atoms with E-state index in [1.807, 2.05) is 0 Å². The van der Waals surface area contributed by atoms with Crippen molar-refractivity contribution in [3.8, 4) is 0 Å². The Morgan fingerprint density at radius 1 is 1.22 bits per heavy atom. The Labute approximate surface area is 111 Å². The number of hydrogen-bond donors (Lipinski definition) is 1. The molecule has 2 unspecified atom stereocenters. The van der Waals surface area contributed by atoms with E-state index in [0.29, 0.717) is 5.92 Å². The van der Waals surface area contributed by atoms with Gasteiger partial charge in [0, 0.05) is 0 Å². The van der Waals surface area contributed by atoms with Crippen LogP contribution in [0, 0.1) is 5.92 Å². The summed E-state index contributed by atoms with van der Waals surface area (Å²) in [7, 11) is 0. The van der Waals surface area contributed by atoms with E-state index < -0.39 is 5.60 Å². The Morgan fingerprint density at radius 2 is 1.83 bits per heavy atom. The van der Waals surface area contributed by atoms with Crippen molar-refractivity contribution in [2.45, 2.75) is 64.4 Å².